The minimum Gasteiger partial charge on any atom is -0.543 e. The smallest absolute Gasteiger partial charge is 0.543 e. The van der Waals surface area contributed by atoms with E-state index >= 15 is 0 Å². The minimum absolute atomic E-state index is 0. The third kappa shape index (κ3) is 48.5. The van der Waals surface area contributed by atoms with Crippen LogP contribution in [-0.2, 0) is 9.59 Å². The SMILES string of the molecule is O=C([O-])C(=O)[O-].O[Si](O)(O)O.[Ca+2]. The van der Waals surface area contributed by atoms with E-state index in [0.29, 0.717) is 0 Å². The summed E-state index contributed by atoms with van der Waals surface area (Å²) in [5.41, 5.74) is 0. The van der Waals surface area contributed by atoms with Crippen LogP contribution in [0.4, 0.5) is 0 Å². The van der Waals surface area contributed by atoms with Crippen LogP contribution in [0.1, 0.15) is 0 Å². The molecule has 0 aromatic rings. The van der Waals surface area contributed by atoms with E-state index in [1.807, 2.05) is 0 Å². The summed E-state index contributed by atoms with van der Waals surface area (Å²) >= 11 is 0. The average Bonchev–Trinajstić information content (AvgIpc) is 1.59. The van der Waals surface area contributed by atoms with Crippen molar-refractivity contribution in [2.24, 2.45) is 0 Å². The summed E-state index contributed by atoms with van der Waals surface area (Å²) in [6.07, 6.45) is 0. The van der Waals surface area contributed by atoms with Gasteiger partial charge in [-0.25, -0.2) is 0 Å². The Labute approximate surface area is 97.2 Å². The molecule has 0 bridgehead atoms. The Balaban J connectivity index is -0.000000126. The molecule has 12 heavy (non-hydrogen) atoms. The van der Waals surface area contributed by atoms with Crippen LogP contribution in [0.2, 0.25) is 0 Å². The Kier molecular flexibility index (Phi) is 11.9. The van der Waals surface area contributed by atoms with Gasteiger partial charge in [-0.1, -0.05) is 0 Å². The predicted molar refractivity (Wildman–Crippen MR) is 30.4 cm³/mol. The number of carboxylic acids is 2. The molecule has 0 aromatic heterocycles. The fourth-order valence-corrected chi connectivity index (χ4v) is 0. The van der Waals surface area contributed by atoms with E-state index in [2.05, 4.69) is 0 Å². The van der Waals surface area contributed by atoms with Gasteiger partial charge in [0.1, 0.15) is 0 Å². The summed E-state index contributed by atoms with van der Waals surface area (Å²) in [7, 11) is -4.61. The second-order valence-corrected chi connectivity index (χ2v) is 2.37. The van der Waals surface area contributed by atoms with Gasteiger partial charge in [-0.3, -0.25) is 0 Å². The van der Waals surface area contributed by atoms with E-state index in [0.717, 1.165) is 0 Å². The van der Waals surface area contributed by atoms with E-state index in [1.54, 1.807) is 0 Å². The van der Waals surface area contributed by atoms with Gasteiger partial charge in [-0.15, -0.1) is 0 Å². The van der Waals surface area contributed by atoms with E-state index in [9.17, 15) is 0 Å². The molecular weight excluding hydrogens is 220 g/mol. The van der Waals surface area contributed by atoms with Crippen molar-refractivity contribution in [2.75, 3.05) is 0 Å². The average molecular weight is 224 g/mol. The number of hydrogen-bond acceptors (Lipinski definition) is 8. The molecule has 10 heteroatoms. The Morgan fingerprint density at radius 2 is 1.00 bits per heavy atom. The van der Waals surface area contributed by atoms with Crippen LogP contribution in [0.5, 0.6) is 0 Å². The van der Waals surface area contributed by atoms with Gasteiger partial charge in [0, 0.05) is 0 Å². The molecule has 0 aliphatic rings. The van der Waals surface area contributed by atoms with E-state index < -0.39 is 21.0 Å². The van der Waals surface area contributed by atoms with Crippen LogP contribution in [0, 0.1) is 0 Å². The molecule has 0 amide bonds. The maximum Gasteiger partial charge on any atom is 2.00 e. The first-order valence-corrected chi connectivity index (χ1v) is 3.75. The van der Waals surface area contributed by atoms with Crippen molar-refractivity contribution in [2.45, 2.75) is 0 Å². The molecule has 0 radical (unpaired) electrons. The van der Waals surface area contributed by atoms with Gasteiger partial charge in [0.2, 0.25) is 0 Å². The monoisotopic (exact) mass is 224 g/mol. The van der Waals surface area contributed by atoms with Crippen LogP contribution < -0.4 is 10.2 Å². The quantitative estimate of drug-likeness (QED) is 0.233. The molecule has 0 saturated heterocycles. The van der Waals surface area contributed by atoms with Crippen LogP contribution in [0.25, 0.3) is 0 Å². The summed E-state index contributed by atoms with van der Waals surface area (Å²) in [6.45, 7) is 0. The zero-order chi connectivity index (χ0) is 9.65. The predicted octanol–water partition coefficient (Wildman–Crippen LogP) is -6.50. The van der Waals surface area contributed by atoms with Crippen molar-refractivity contribution in [3.63, 3.8) is 0 Å². The molecular formula is C2H4CaO8Si. The van der Waals surface area contributed by atoms with E-state index in [-0.39, 0.29) is 37.7 Å². The molecule has 0 atom stereocenters. The van der Waals surface area contributed by atoms with Crippen LogP contribution in [0.3, 0.4) is 0 Å². The van der Waals surface area contributed by atoms with Crippen molar-refractivity contribution in [3.8, 4) is 0 Å². The minimum atomic E-state index is -4.61. The standard InChI is InChI=1S/C2H2O4.Ca.H4O4Si/c3-1(4)2(5)6;;1-5(2,3)4/h(H,3,4)(H,5,6);;1-4H/q;+2;/p-2. The van der Waals surface area contributed by atoms with Gasteiger partial charge in [0.15, 0.2) is 0 Å². The van der Waals surface area contributed by atoms with Gasteiger partial charge < -0.3 is 39.0 Å². The van der Waals surface area contributed by atoms with Gasteiger partial charge in [0.05, 0.1) is 11.9 Å². The number of carbonyl (C=O) groups excluding carboxylic acids is 2. The van der Waals surface area contributed by atoms with Gasteiger partial charge in [-0.05, 0) is 0 Å². The van der Waals surface area contributed by atoms with E-state index in [4.69, 9.17) is 39.0 Å². The summed E-state index contributed by atoms with van der Waals surface area (Å²) < 4.78 is 0. The van der Waals surface area contributed by atoms with Gasteiger partial charge >= 0.3 is 46.8 Å². The second kappa shape index (κ2) is 7.88. The molecule has 0 unspecified atom stereocenters. The first kappa shape index (κ1) is 18.1. The number of hydrogen-bond donors (Lipinski definition) is 4. The van der Waals surface area contributed by atoms with Crippen molar-refractivity contribution >= 4 is 58.7 Å². The topological polar surface area (TPSA) is 161 Å². The van der Waals surface area contributed by atoms with Crippen molar-refractivity contribution in [1.29, 1.82) is 0 Å². The molecule has 0 aliphatic heterocycles. The third-order valence-electron chi connectivity index (χ3n) is 0.167. The molecule has 0 heterocycles. The second-order valence-electron chi connectivity index (χ2n) is 1.17. The summed E-state index contributed by atoms with van der Waals surface area (Å²) in [5, 5.41) is 17.9. The number of aliphatic carboxylic acids is 2. The van der Waals surface area contributed by atoms with Crippen LogP contribution in [-0.4, -0.2) is 77.9 Å². The van der Waals surface area contributed by atoms with Gasteiger partial charge in [-0.2, -0.15) is 0 Å². The summed E-state index contributed by atoms with van der Waals surface area (Å²) in [6, 6.07) is 0. The Hall–Kier alpha value is 0.257. The molecule has 0 aromatic carbocycles. The third-order valence-corrected chi connectivity index (χ3v) is 0.167. The molecule has 4 N–H and O–H groups in total. The van der Waals surface area contributed by atoms with Crippen molar-refractivity contribution < 1.29 is 39.0 Å². The summed E-state index contributed by atoms with van der Waals surface area (Å²) in [5.74, 6) is -4.37. The molecule has 0 aliphatic carbocycles. The normalized spacial score (nSPS) is 8.67. The molecule has 0 rings (SSSR count). The largest absolute Gasteiger partial charge is 2.00 e. The number of carboxylic acid groups (broad SMARTS) is 2. The molecule has 66 valence electrons. The number of carbonyl (C=O) groups is 2. The Morgan fingerprint density at radius 3 is 1.00 bits per heavy atom. The van der Waals surface area contributed by atoms with Crippen molar-refractivity contribution in [3.05, 3.63) is 0 Å². The molecule has 0 saturated carbocycles. The number of rotatable bonds is 0. The fourth-order valence-electron chi connectivity index (χ4n) is 0. The van der Waals surface area contributed by atoms with Crippen LogP contribution >= 0.6 is 0 Å². The molecule has 0 spiro atoms. The summed E-state index contributed by atoms with van der Waals surface area (Å²) in [4.78, 5) is 47.2. The zero-order valence-electron chi connectivity index (χ0n) is 5.63. The van der Waals surface area contributed by atoms with Crippen LogP contribution in [0.15, 0.2) is 0 Å². The Morgan fingerprint density at radius 1 is 0.917 bits per heavy atom. The first-order valence-electron chi connectivity index (χ1n) is 1.96. The molecule has 0 fully saturated rings. The van der Waals surface area contributed by atoms with Crippen molar-refractivity contribution in [1.82, 2.24) is 0 Å². The first-order chi connectivity index (χ1) is 4.64. The van der Waals surface area contributed by atoms with E-state index in [1.165, 1.54) is 0 Å². The maximum absolute atomic E-state index is 8.93. The maximum atomic E-state index is 8.93. The van der Waals surface area contributed by atoms with Gasteiger partial charge in [0.25, 0.3) is 0 Å². The Bertz CT molecular complexity index is 132. The fraction of sp³-hybridized carbons (Fsp3) is 0. The molecule has 8 nitrogen and oxygen atoms in total. The zero-order valence-corrected chi connectivity index (χ0v) is 8.84.